The molecule has 148 valence electrons. The first-order valence-corrected chi connectivity index (χ1v) is 10.3. The van der Waals surface area contributed by atoms with E-state index < -0.39 is 0 Å². The lowest BCUT2D eigenvalue weighted by Gasteiger charge is -2.23. The zero-order valence-electron chi connectivity index (χ0n) is 17.1. The first-order valence-electron chi connectivity index (χ1n) is 9.95. The van der Waals surface area contributed by atoms with Gasteiger partial charge in [0.05, 0.1) is 17.6 Å². The van der Waals surface area contributed by atoms with Gasteiger partial charge in [0.15, 0.2) is 0 Å². The van der Waals surface area contributed by atoms with Crippen LogP contribution in [0.15, 0.2) is 36.4 Å². The third-order valence-electron chi connectivity index (χ3n) is 5.10. The summed E-state index contributed by atoms with van der Waals surface area (Å²) in [4.78, 5) is 19.9. The molecule has 0 N–H and O–H groups in total. The minimum Gasteiger partial charge on any atom is -0.331 e. The Bertz CT molecular complexity index is 993. The monoisotopic (exact) mass is 397 g/mol. The summed E-state index contributed by atoms with van der Waals surface area (Å²) in [6.45, 7) is 10.4. The summed E-state index contributed by atoms with van der Waals surface area (Å²) < 4.78 is 2.19. The van der Waals surface area contributed by atoms with Crippen LogP contribution in [0.1, 0.15) is 54.0 Å². The lowest BCUT2D eigenvalue weighted by Crippen LogP contribution is -2.32. The Morgan fingerprint density at radius 3 is 2.54 bits per heavy atom. The molecule has 0 spiro atoms. The van der Waals surface area contributed by atoms with Crippen LogP contribution >= 0.6 is 11.6 Å². The molecule has 5 heteroatoms. The Kier molecular flexibility index (Phi) is 6.40. The predicted molar refractivity (Wildman–Crippen MR) is 116 cm³/mol. The average Bonchev–Trinajstić information content (AvgIpc) is 3.00. The van der Waals surface area contributed by atoms with Gasteiger partial charge in [-0.2, -0.15) is 0 Å². The van der Waals surface area contributed by atoms with Crippen LogP contribution in [0.25, 0.3) is 11.0 Å². The zero-order chi connectivity index (χ0) is 20.3. The molecule has 0 aliphatic carbocycles. The van der Waals surface area contributed by atoms with Gasteiger partial charge in [0, 0.05) is 23.7 Å². The fraction of sp³-hybridized carbons (Fsp3) is 0.391. The second-order valence-corrected chi connectivity index (χ2v) is 7.77. The summed E-state index contributed by atoms with van der Waals surface area (Å²) in [6, 6.07) is 11.7. The molecule has 1 aromatic heterocycles. The minimum absolute atomic E-state index is 0.0538. The maximum atomic E-state index is 13.2. The van der Waals surface area contributed by atoms with Crippen molar-refractivity contribution >= 4 is 28.5 Å². The first-order chi connectivity index (χ1) is 13.4. The Labute approximate surface area is 172 Å². The van der Waals surface area contributed by atoms with Gasteiger partial charge >= 0.3 is 0 Å². The molecule has 1 heterocycles. The van der Waals surface area contributed by atoms with Crippen molar-refractivity contribution in [2.24, 2.45) is 0 Å². The quantitative estimate of drug-likeness (QED) is 0.507. The van der Waals surface area contributed by atoms with Gasteiger partial charge in [-0.15, -0.1) is 0 Å². The summed E-state index contributed by atoms with van der Waals surface area (Å²) in [5.74, 6) is 0.961. The molecule has 1 amide bonds. The van der Waals surface area contributed by atoms with Gasteiger partial charge < -0.3 is 9.47 Å². The van der Waals surface area contributed by atoms with E-state index in [1.807, 2.05) is 48.2 Å². The molecule has 0 aliphatic rings. The van der Waals surface area contributed by atoms with E-state index >= 15 is 0 Å². The summed E-state index contributed by atoms with van der Waals surface area (Å²) in [5.41, 5.74) is 5.01. The van der Waals surface area contributed by atoms with E-state index in [1.165, 1.54) is 5.56 Å². The molecule has 0 atom stereocenters. The molecule has 4 nitrogen and oxygen atoms in total. The van der Waals surface area contributed by atoms with Crippen molar-refractivity contribution in [2.45, 2.75) is 53.6 Å². The lowest BCUT2D eigenvalue weighted by molar-refractivity contribution is 0.0737. The number of hydrogen-bond acceptors (Lipinski definition) is 2. The number of hydrogen-bond donors (Lipinski definition) is 0. The van der Waals surface area contributed by atoms with Crippen molar-refractivity contribution in [1.29, 1.82) is 0 Å². The van der Waals surface area contributed by atoms with E-state index in [-0.39, 0.29) is 5.91 Å². The average molecular weight is 398 g/mol. The Morgan fingerprint density at radius 1 is 1.07 bits per heavy atom. The normalized spacial score (nSPS) is 11.2. The van der Waals surface area contributed by atoms with Crippen molar-refractivity contribution in [1.82, 2.24) is 14.5 Å². The molecule has 0 aliphatic heterocycles. The highest BCUT2D eigenvalue weighted by Gasteiger charge is 2.20. The highest BCUT2D eigenvalue weighted by Crippen LogP contribution is 2.23. The second kappa shape index (κ2) is 8.78. The zero-order valence-corrected chi connectivity index (χ0v) is 17.9. The number of halogens is 1. The van der Waals surface area contributed by atoms with Crippen molar-refractivity contribution < 1.29 is 4.79 Å². The number of benzene rings is 2. The smallest absolute Gasteiger partial charge is 0.254 e. The van der Waals surface area contributed by atoms with E-state index in [0.29, 0.717) is 18.1 Å². The number of carbonyl (C=O) groups is 1. The Balaban J connectivity index is 1.96. The number of fused-ring (bicyclic) bond motifs is 1. The van der Waals surface area contributed by atoms with Crippen molar-refractivity contribution in [3.63, 3.8) is 0 Å². The van der Waals surface area contributed by atoms with Gasteiger partial charge in [0.1, 0.15) is 5.82 Å². The number of amides is 1. The van der Waals surface area contributed by atoms with E-state index in [4.69, 9.17) is 16.6 Å². The molecule has 3 aromatic rings. The van der Waals surface area contributed by atoms with E-state index in [1.54, 1.807) is 0 Å². The SMILES string of the molecule is CCCN(Cc1nc2ccc(Cl)cc2n1CCC)C(=O)c1ccc(C)c(C)c1. The summed E-state index contributed by atoms with van der Waals surface area (Å²) in [7, 11) is 0. The van der Waals surface area contributed by atoms with Gasteiger partial charge in [0.25, 0.3) is 5.91 Å². The van der Waals surface area contributed by atoms with Crippen LogP contribution in [0.4, 0.5) is 0 Å². The second-order valence-electron chi connectivity index (χ2n) is 7.34. The first kappa shape index (κ1) is 20.4. The Hall–Kier alpha value is -2.33. The highest BCUT2D eigenvalue weighted by molar-refractivity contribution is 6.31. The molecule has 0 saturated carbocycles. The fourth-order valence-corrected chi connectivity index (χ4v) is 3.66. The number of aryl methyl sites for hydroxylation is 3. The highest BCUT2D eigenvalue weighted by atomic mass is 35.5. The van der Waals surface area contributed by atoms with Crippen LogP contribution in [0.3, 0.4) is 0 Å². The van der Waals surface area contributed by atoms with E-state index in [2.05, 4.69) is 25.3 Å². The van der Waals surface area contributed by atoms with Gasteiger partial charge in [-0.05, 0) is 68.1 Å². The van der Waals surface area contributed by atoms with Crippen molar-refractivity contribution in [3.05, 3.63) is 63.9 Å². The summed E-state index contributed by atoms with van der Waals surface area (Å²) in [5, 5.41) is 0.702. The molecule has 0 saturated heterocycles. The van der Waals surface area contributed by atoms with Crippen LogP contribution in [0.5, 0.6) is 0 Å². The van der Waals surface area contributed by atoms with Gasteiger partial charge in [0.2, 0.25) is 0 Å². The lowest BCUT2D eigenvalue weighted by atomic mass is 10.1. The molecule has 0 fully saturated rings. The predicted octanol–water partition coefficient (Wildman–Crippen LogP) is 5.77. The summed E-state index contributed by atoms with van der Waals surface area (Å²) in [6.07, 6.45) is 1.89. The maximum absolute atomic E-state index is 13.2. The summed E-state index contributed by atoms with van der Waals surface area (Å²) >= 11 is 6.21. The van der Waals surface area contributed by atoms with Crippen LogP contribution < -0.4 is 0 Å². The molecular weight excluding hydrogens is 370 g/mol. The Morgan fingerprint density at radius 2 is 1.86 bits per heavy atom. The molecule has 0 bridgehead atoms. The molecule has 0 radical (unpaired) electrons. The van der Waals surface area contributed by atoms with Gasteiger partial charge in [-0.3, -0.25) is 4.79 Å². The maximum Gasteiger partial charge on any atom is 0.254 e. The third kappa shape index (κ3) is 4.22. The largest absolute Gasteiger partial charge is 0.331 e. The van der Waals surface area contributed by atoms with Crippen LogP contribution in [-0.4, -0.2) is 26.9 Å². The van der Waals surface area contributed by atoms with Crippen LogP contribution in [-0.2, 0) is 13.1 Å². The van der Waals surface area contributed by atoms with Gasteiger partial charge in [-0.1, -0.05) is 31.5 Å². The van der Waals surface area contributed by atoms with Gasteiger partial charge in [-0.25, -0.2) is 4.98 Å². The van der Waals surface area contributed by atoms with E-state index in [0.717, 1.165) is 47.4 Å². The van der Waals surface area contributed by atoms with Crippen LogP contribution in [0, 0.1) is 13.8 Å². The molecule has 28 heavy (non-hydrogen) atoms. The van der Waals surface area contributed by atoms with Crippen molar-refractivity contribution in [2.75, 3.05) is 6.54 Å². The number of imidazole rings is 1. The number of nitrogens with zero attached hydrogens (tertiary/aromatic N) is 3. The molecule has 3 rings (SSSR count). The molecule has 0 unspecified atom stereocenters. The number of rotatable bonds is 7. The minimum atomic E-state index is 0.0538. The number of carbonyl (C=O) groups excluding carboxylic acids is 1. The standard InChI is InChI=1S/C23H28ClN3O/c1-5-11-26(23(28)18-8-7-16(3)17(4)13-18)15-22-25-20-10-9-19(24)14-21(20)27(22)12-6-2/h7-10,13-14H,5-6,11-12,15H2,1-4H3. The van der Waals surface area contributed by atoms with Crippen molar-refractivity contribution in [3.8, 4) is 0 Å². The molecule has 2 aromatic carbocycles. The molecular formula is C23H28ClN3O. The number of aromatic nitrogens is 2. The topological polar surface area (TPSA) is 38.1 Å². The fourth-order valence-electron chi connectivity index (χ4n) is 3.49. The van der Waals surface area contributed by atoms with Crippen LogP contribution in [0.2, 0.25) is 5.02 Å². The third-order valence-corrected chi connectivity index (χ3v) is 5.34. The van der Waals surface area contributed by atoms with E-state index in [9.17, 15) is 4.79 Å².